The van der Waals surface area contributed by atoms with E-state index in [-0.39, 0.29) is 0 Å². The largest absolute Gasteiger partial charge is 0.361 e. The van der Waals surface area contributed by atoms with Gasteiger partial charge in [0.2, 0.25) is 0 Å². The van der Waals surface area contributed by atoms with Crippen molar-refractivity contribution in [1.29, 1.82) is 0 Å². The molecule has 0 bridgehead atoms. The van der Waals surface area contributed by atoms with Gasteiger partial charge in [0.1, 0.15) is 0 Å². The van der Waals surface area contributed by atoms with Crippen LogP contribution in [-0.2, 0) is 0 Å². The average Bonchev–Trinajstić information content (AvgIpc) is 3.79. The Balaban J connectivity index is 0.872. The summed E-state index contributed by atoms with van der Waals surface area (Å²) in [6.07, 6.45) is 64.3. The van der Waals surface area contributed by atoms with Crippen LogP contribution in [0.2, 0.25) is 0 Å². The molecule has 2 nitrogen and oxygen atoms in total. The van der Waals surface area contributed by atoms with Crippen molar-refractivity contribution in [3.8, 4) is 0 Å². The summed E-state index contributed by atoms with van der Waals surface area (Å²) in [4.78, 5) is 5.52. The molecule has 2 heterocycles. The lowest BCUT2D eigenvalue weighted by Crippen LogP contribution is -2.38. The molecule has 1 fully saturated rings. The Hall–Kier alpha value is -5.08. The summed E-state index contributed by atoms with van der Waals surface area (Å²) in [6.45, 7) is 0. The Bertz CT molecular complexity index is 2250. The molecule has 56 heavy (non-hydrogen) atoms. The Labute approximate surface area is 334 Å². The Morgan fingerprint density at radius 2 is 1.52 bits per heavy atom. The van der Waals surface area contributed by atoms with Crippen LogP contribution in [0.25, 0.3) is 0 Å². The number of fused-ring (bicyclic) bond motifs is 5. The SMILES string of the molecule is C1=CCC(C2C=C(C3=CCCC=C3)C=C(N3C4C=CC=CC4C4C=C(C5CC=C6C(C5)C5=C(CCC=C5)N6C5=CCC(c6ccccc6)C=C5)C=CC43)C2)C=C1. The molecule has 11 rings (SSSR count). The zero-order chi connectivity index (χ0) is 37.0. The van der Waals surface area contributed by atoms with E-state index in [1.54, 1.807) is 16.8 Å². The second kappa shape index (κ2) is 14.5. The van der Waals surface area contributed by atoms with Crippen molar-refractivity contribution in [2.75, 3.05) is 0 Å². The normalized spacial score (nSPS) is 35.0. The van der Waals surface area contributed by atoms with Crippen LogP contribution in [-0.4, -0.2) is 21.9 Å². The fourth-order valence-electron chi connectivity index (χ4n) is 11.8. The summed E-state index contributed by atoms with van der Waals surface area (Å²) in [5, 5.41) is 0. The average molecular weight is 731 g/mol. The Kier molecular flexibility index (Phi) is 8.82. The van der Waals surface area contributed by atoms with Crippen molar-refractivity contribution in [3.63, 3.8) is 0 Å². The molecule has 2 heteroatoms. The van der Waals surface area contributed by atoms with Crippen molar-refractivity contribution < 1.29 is 0 Å². The van der Waals surface area contributed by atoms with Crippen molar-refractivity contribution in [1.82, 2.24) is 9.80 Å². The van der Waals surface area contributed by atoms with E-state index in [4.69, 9.17) is 0 Å². The van der Waals surface area contributed by atoms with Gasteiger partial charge in [-0.3, -0.25) is 0 Å². The number of hydrogen-bond acceptors (Lipinski definition) is 2. The van der Waals surface area contributed by atoms with Crippen molar-refractivity contribution in [2.24, 2.45) is 35.5 Å². The molecule has 8 aliphatic carbocycles. The summed E-state index contributed by atoms with van der Waals surface area (Å²) in [6, 6.07) is 11.8. The van der Waals surface area contributed by atoms with Gasteiger partial charge in [-0.25, -0.2) is 0 Å². The number of allylic oxidation sites excluding steroid dienone is 24. The van der Waals surface area contributed by atoms with E-state index in [9.17, 15) is 0 Å². The fourth-order valence-corrected chi connectivity index (χ4v) is 11.8. The maximum absolute atomic E-state index is 2.85. The molecule has 1 aromatic carbocycles. The van der Waals surface area contributed by atoms with E-state index in [0.717, 1.165) is 51.4 Å². The molecular weight excluding hydrogens is 677 g/mol. The first-order valence-corrected chi connectivity index (χ1v) is 21.8. The smallest absolute Gasteiger partial charge is 0.0549 e. The second-order valence-electron chi connectivity index (χ2n) is 17.6. The topological polar surface area (TPSA) is 6.48 Å². The number of hydrogen-bond donors (Lipinski definition) is 0. The molecule has 10 aliphatic rings. The summed E-state index contributed by atoms with van der Waals surface area (Å²) in [7, 11) is 0. The molecular formula is C54H54N2. The maximum Gasteiger partial charge on any atom is 0.0549 e. The van der Waals surface area contributed by atoms with E-state index in [2.05, 4.69) is 174 Å². The third-order valence-electron chi connectivity index (χ3n) is 14.5. The van der Waals surface area contributed by atoms with Gasteiger partial charge in [-0.05, 0) is 116 Å². The lowest BCUT2D eigenvalue weighted by molar-refractivity contribution is 0.272. The molecule has 9 unspecified atom stereocenters. The molecule has 280 valence electrons. The molecule has 1 aromatic rings. The molecule has 0 amide bonds. The van der Waals surface area contributed by atoms with Crippen LogP contribution >= 0.6 is 0 Å². The summed E-state index contributed by atoms with van der Waals surface area (Å²) in [5.74, 6) is 3.51. The van der Waals surface area contributed by atoms with Crippen LogP contribution in [0.4, 0.5) is 0 Å². The number of benzene rings is 1. The van der Waals surface area contributed by atoms with Gasteiger partial charge >= 0.3 is 0 Å². The molecule has 0 radical (unpaired) electrons. The highest BCUT2D eigenvalue weighted by Crippen LogP contribution is 2.53. The van der Waals surface area contributed by atoms with Crippen LogP contribution in [0.1, 0.15) is 69.3 Å². The van der Waals surface area contributed by atoms with Crippen LogP contribution in [0.5, 0.6) is 0 Å². The van der Waals surface area contributed by atoms with Gasteiger partial charge < -0.3 is 9.80 Å². The summed E-state index contributed by atoms with van der Waals surface area (Å²) in [5.41, 5.74) is 13.4. The van der Waals surface area contributed by atoms with Gasteiger partial charge in [0, 0.05) is 46.5 Å². The van der Waals surface area contributed by atoms with Gasteiger partial charge in [0.05, 0.1) is 12.1 Å². The predicted octanol–water partition coefficient (Wildman–Crippen LogP) is 12.6. The first-order chi connectivity index (χ1) is 27.8. The van der Waals surface area contributed by atoms with Crippen LogP contribution < -0.4 is 0 Å². The fraction of sp³-hybridized carbons (Fsp3) is 0.333. The Morgan fingerprint density at radius 3 is 2.38 bits per heavy atom. The third-order valence-corrected chi connectivity index (χ3v) is 14.5. The zero-order valence-electron chi connectivity index (χ0n) is 32.5. The minimum Gasteiger partial charge on any atom is -0.361 e. The maximum atomic E-state index is 2.85. The third kappa shape index (κ3) is 5.99. The van der Waals surface area contributed by atoms with Crippen LogP contribution in [0.15, 0.2) is 209 Å². The van der Waals surface area contributed by atoms with Crippen molar-refractivity contribution in [3.05, 3.63) is 215 Å². The van der Waals surface area contributed by atoms with Crippen molar-refractivity contribution >= 4 is 0 Å². The number of likely N-dealkylation sites (tertiary alicyclic amines) is 1. The van der Waals surface area contributed by atoms with Gasteiger partial charge in [-0.2, -0.15) is 0 Å². The zero-order valence-corrected chi connectivity index (χ0v) is 32.5. The van der Waals surface area contributed by atoms with Gasteiger partial charge in [0.15, 0.2) is 0 Å². The van der Waals surface area contributed by atoms with Gasteiger partial charge in [0.25, 0.3) is 0 Å². The molecule has 2 aliphatic heterocycles. The van der Waals surface area contributed by atoms with E-state index >= 15 is 0 Å². The van der Waals surface area contributed by atoms with Crippen molar-refractivity contribution in [2.45, 2.75) is 75.8 Å². The van der Waals surface area contributed by atoms with E-state index < -0.39 is 0 Å². The molecule has 0 spiro atoms. The number of rotatable bonds is 6. The van der Waals surface area contributed by atoms with Crippen LogP contribution in [0, 0.1) is 35.5 Å². The lowest BCUT2D eigenvalue weighted by Gasteiger charge is -2.39. The molecule has 9 atom stereocenters. The first-order valence-electron chi connectivity index (χ1n) is 21.8. The lowest BCUT2D eigenvalue weighted by atomic mass is 9.73. The van der Waals surface area contributed by atoms with Crippen LogP contribution in [0.3, 0.4) is 0 Å². The van der Waals surface area contributed by atoms with Gasteiger partial charge in [-0.15, -0.1) is 0 Å². The molecule has 0 N–H and O–H groups in total. The van der Waals surface area contributed by atoms with E-state index in [1.807, 2.05) is 0 Å². The second-order valence-corrected chi connectivity index (χ2v) is 17.6. The number of nitrogens with zero attached hydrogens (tertiary/aromatic N) is 2. The predicted molar refractivity (Wildman–Crippen MR) is 232 cm³/mol. The van der Waals surface area contributed by atoms with E-state index in [0.29, 0.717) is 53.5 Å². The highest BCUT2D eigenvalue weighted by Gasteiger charge is 2.48. The molecule has 1 saturated heterocycles. The standard InChI is InChI=1S/C54H54N2/c1-4-14-37(15-5-1)40-24-28-45(29-25-40)55-51-22-12-10-20-47(51)49-35-41(26-30-53(49)55)42-27-31-54-50(36-42)48-21-11-13-23-52(48)56(54)46-33-43(38-16-6-2-7-17-38)32-44(34-46)39-18-8-3-9-19-39/h1-2,4-8,10-11,13-16,18-21,23-24,27-32,34,36,38,40-41,43,48-50,52,54H,3,9,12,17,22,25-26,33,35H2. The highest BCUT2D eigenvalue weighted by atomic mass is 15.2. The van der Waals surface area contributed by atoms with E-state index in [1.165, 1.54) is 40.2 Å². The first kappa shape index (κ1) is 34.2. The summed E-state index contributed by atoms with van der Waals surface area (Å²) >= 11 is 0. The Morgan fingerprint density at radius 1 is 0.625 bits per heavy atom. The highest BCUT2D eigenvalue weighted by molar-refractivity contribution is 5.53. The monoisotopic (exact) mass is 730 g/mol. The van der Waals surface area contributed by atoms with Gasteiger partial charge in [-0.1, -0.05) is 152 Å². The molecule has 0 aromatic heterocycles. The molecule has 0 saturated carbocycles. The minimum atomic E-state index is 0.377. The summed E-state index contributed by atoms with van der Waals surface area (Å²) < 4.78 is 0. The quantitative estimate of drug-likeness (QED) is 0.288. The minimum absolute atomic E-state index is 0.377.